The summed E-state index contributed by atoms with van der Waals surface area (Å²) in [4.78, 5) is 22.0. The van der Waals surface area contributed by atoms with E-state index in [1.807, 2.05) is 6.20 Å². The highest BCUT2D eigenvalue weighted by Gasteiger charge is 2.28. The van der Waals surface area contributed by atoms with Crippen molar-refractivity contribution in [2.24, 2.45) is 0 Å². The Labute approximate surface area is 183 Å². The van der Waals surface area contributed by atoms with Gasteiger partial charge in [0.05, 0.1) is 19.1 Å². The van der Waals surface area contributed by atoms with E-state index < -0.39 is 0 Å². The zero-order chi connectivity index (χ0) is 21.2. The third kappa shape index (κ3) is 4.50. The molecule has 6 nitrogen and oxygen atoms in total. The predicted molar refractivity (Wildman–Crippen MR) is 123 cm³/mol. The van der Waals surface area contributed by atoms with Gasteiger partial charge in [0.25, 0.3) is 0 Å². The number of hydrogen-bond donors (Lipinski definition) is 1. The molecule has 162 valence electrons. The maximum absolute atomic E-state index is 12.7. The van der Waals surface area contributed by atoms with Gasteiger partial charge in [0, 0.05) is 44.6 Å². The number of carbonyl (C=O) groups excluding carboxylic acids is 1. The topological polar surface area (TPSA) is 53.4 Å². The normalized spacial score (nSPS) is 19.3. The Balaban J connectivity index is 1.10. The van der Waals surface area contributed by atoms with Gasteiger partial charge in [-0.1, -0.05) is 36.4 Å². The average Bonchev–Trinajstić information content (AvgIpc) is 3.27. The summed E-state index contributed by atoms with van der Waals surface area (Å²) in [7, 11) is 0. The summed E-state index contributed by atoms with van der Waals surface area (Å²) in [6.45, 7) is 7.58. The Kier molecular flexibility index (Phi) is 5.74. The van der Waals surface area contributed by atoms with Crippen LogP contribution in [0.15, 0.2) is 54.9 Å². The Morgan fingerprint density at radius 1 is 1.10 bits per heavy atom. The molecule has 0 bridgehead atoms. The van der Waals surface area contributed by atoms with Gasteiger partial charge < -0.3 is 9.88 Å². The van der Waals surface area contributed by atoms with Crippen molar-refractivity contribution in [2.45, 2.75) is 44.9 Å². The Morgan fingerprint density at radius 2 is 1.90 bits per heavy atom. The minimum atomic E-state index is 0.00624. The molecule has 1 amide bonds. The minimum Gasteiger partial charge on any atom is -0.348 e. The molecule has 0 radical (unpaired) electrons. The first-order chi connectivity index (χ1) is 15.2. The molecule has 1 N–H and O–H groups in total. The van der Waals surface area contributed by atoms with Crippen LogP contribution in [0.5, 0.6) is 0 Å². The van der Waals surface area contributed by atoms with Crippen molar-refractivity contribution >= 4 is 16.7 Å². The molecule has 1 fully saturated rings. The SMILES string of the molecule is C[C@@H](NC(=O)CN1CCC(N2CCn3ccnc3C2)CC1)c1ccc2ccccc2c1. The molecular formula is C25H31N5O. The predicted octanol–water partition coefficient (Wildman–Crippen LogP) is 3.19. The maximum Gasteiger partial charge on any atom is 0.234 e. The first kappa shape index (κ1) is 20.2. The lowest BCUT2D eigenvalue weighted by Crippen LogP contribution is -2.49. The number of amides is 1. The van der Waals surface area contributed by atoms with E-state index in [0.717, 1.165) is 51.1 Å². The largest absolute Gasteiger partial charge is 0.348 e. The zero-order valence-electron chi connectivity index (χ0n) is 18.2. The van der Waals surface area contributed by atoms with Crippen molar-refractivity contribution in [2.75, 3.05) is 26.2 Å². The number of piperidine rings is 1. The first-order valence-corrected chi connectivity index (χ1v) is 11.4. The number of rotatable bonds is 5. The molecule has 5 rings (SSSR count). The smallest absolute Gasteiger partial charge is 0.234 e. The fourth-order valence-corrected chi connectivity index (χ4v) is 5.00. The molecule has 2 aromatic carbocycles. The fourth-order valence-electron chi connectivity index (χ4n) is 5.00. The summed E-state index contributed by atoms with van der Waals surface area (Å²) in [6.07, 6.45) is 6.22. The maximum atomic E-state index is 12.7. The molecule has 6 heteroatoms. The van der Waals surface area contributed by atoms with E-state index in [-0.39, 0.29) is 11.9 Å². The van der Waals surface area contributed by atoms with Crippen molar-refractivity contribution in [1.29, 1.82) is 0 Å². The average molecular weight is 418 g/mol. The Hall–Kier alpha value is -2.70. The highest BCUT2D eigenvalue weighted by Crippen LogP contribution is 2.22. The quantitative estimate of drug-likeness (QED) is 0.693. The van der Waals surface area contributed by atoms with Crippen molar-refractivity contribution in [1.82, 2.24) is 24.7 Å². The highest BCUT2D eigenvalue weighted by atomic mass is 16.2. The summed E-state index contributed by atoms with van der Waals surface area (Å²) < 4.78 is 2.26. The summed E-state index contributed by atoms with van der Waals surface area (Å²) in [6, 6.07) is 15.4. The molecule has 1 aromatic heterocycles. The zero-order valence-corrected chi connectivity index (χ0v) is 18.2. The molecule has 1 saturated heterocycles. The van der Waals surface area contributed by atoms with Crippen molar-refractivity contribution in [3.05, 3.63) is 66.2 Å². The van der Waals surface area contributed by atoms with E-state index in [4.69, 9.17) is 0 Å². The standard InChI is InChI=1S/C25H31N5O/c1-19(21-7-6-20-4-2-3-5-22(20)16-21)27-25(31)18-28-11-8-23(9-12-28)30-15-14-29-13-10-26-24(29)17-30/h2-7,10,13,16,19,23H,8-9,11-12,14-15,17-18H2,1H3,(H,27,31)/t19-/m1/s1. The summed E-state index contributed by atoms with van der Waals surface area (Å²) in [5.74, 6) is 1.29. The van der Waals surface area contributed by atoms with Gasteiger partial charge in [0.1, 0.15) is 5.82 Å². The molecule has 0 unspecified atom stereocenters. The lowest BCUT2D eigenvalue weighted by molar-refractivity contribution is -0.123. The van der Waals surface area contributed by atoms with Gasteiger partial charge >= 0.3 is 0 Å². The Bertz CT molecular complexity index is 1050. The fraction of sp³-hybridized carbons (Fsp3) is 0.440. The van der Waals surface area contributed by atoms with Crippen LogP contribution in [0.25, 0.3) is 10.8 Å². The third-order valence-electron chi connectivity index (χ3n) is 6.87. The molecule has 2 aliphatic rings. The number of benzene rings is 2. The Morgan fingerprint density at radius 3 is 2.74 bits per heavy atom. The van der Waals surface area contributed by atoms with Crippen molar-refractivity contribution in [3.8, 4) is 0 Å². The highest BCUT2D eigenvalue weighted by molar-refractivity contribution is 5.83. The number of hydrogen-bond acceptors (Lipinski definition) is 4. The number of fused-ring (bicyclic) bond motifs is 2. The molecule has 1 atom stereocenters. The number of nitrogens with one attached hydrogen (secondary N) is 1. The van der Waals surface area contributed by atoms with Crippen LogP contribution in [-0.4, -0.2) is 57.5 Å². The van der Waals surface area contributed by atoms with E-state index in [0.29, 0.717) is 12.6 Å². The number of likely N-dealkylation sites (tertiary alicyclic amines) is 1. The van der Waals surface area contributed by atoms with Crippen LogP contribution in [0.1, 0.15) is 37.2 Å². The van der Waals surface area contributed by atoms with E-state index in [9.17, 15) is 4.79 Å². The van der Waals surface area contributed by atoms with Crippen LogP contribution in [0, 0.1) is 0 Å². The van der Waals surface area contributed by atoms with Crippen LogP contribution < -0.4 is 5.32 Å². The molecule has 0 saturated carbocycles. The summed E-state index contributed by atoms with van der Waals surface area (Å²) in [5, 5.41) is 5.63. The second-order valence-electron chi connectivity index (χ2n) is 8.91. The molecule has 3 heterocycles. The van der Waals surface area contributed by atoms with Gasteiger partial charge in [-0.25, -0.2) is 4.98 Å². The third-order valence-corrected chi connectivity index (χ3v) is 6.87. The number of aromatic nitrogens is 2. The van der Waals surface area contributed by atoms with Gasteiger partial charge in [-0.3, -0.25) is 14.6 Å². The van der Waals surface area contributed by atoms with Crippen molar-refractivity contribution in [3.63, 3.8) is 0 Å². The van der Waals surface area contributed by atoms with Gasteiger partial charge in [0.15, 0.2) is 0 Å². The monoisotopic (exact) mass is 417 g/mol. The second kappa shape index (κ2) is 8.81. The van der Waals surface area contributed by atoms with Crippen LogP contribution in [0.3, 0.4) is 0 Å². The van der Waals surface area contributed by atoms with Crippen LogP contribution in [-0.2, 0) is 17.9 Å². The molecule has 2 aliphatic heterocycles. The van der Waals surface area contributed by atoms with Crippen LogP contribution >= 0.6 is 0 Å². The number of carbonyl (C=O) groups is 1. The number of nitrogens with zero attached hydrogens (tertiary/aromatic N) is 4. The summed E-state index contributed by atoms with van der Waals surface area (Å²) in [5.41, 5.74) is 1.15. The minimum absolute atomic E-state index is 0.00624. The molecule has 3 aromatic rings. The van der Waals surface area contributed by atoms with E-state index in [1.54, 1.807) is 0 Å². The van der Waals surface area contributed by atoms with Gasteiger partial charge in [-0.15, -0.1) is 0 Å². The van der Waals surface area contributed by atoms with E-state index in [2.05, 4.69) is 80.3 Å². The summed E-state index contributed by atoms with van der Waals surface area (Å²) >= 11 is 0. The van der Waals surface area contributed by atoms with Crippen molar-refractivity contribution < 1.29 is 4.79 Å². The van der Waals surface area contributed by atoms with Crippen LogP contribution in [0.2, 0.25) is 0 Å². The van der Waals surface area contributed by atoms with Gasteiger partial charge in [0.2, 0.25) is 5.91 Å². The van der Waals surface area contributed by atoms with Gasteiger partial charge in [-0.2, -0.15) is 0 Å². The molecule has 0 aliphatic carbocycles. The van der Waals surface area contributed by atoms with Gasteiger partial charge in [-0.05, 0) is 42.2 Å². The molecule has 31 heavy (non-hydrogen) atoms. The van der Waals surface area contributed by atoms with E-state index >= 15 is 0 Å². The number of imidazole rings is 1. The van der Waals surface area contributed by atoms with Crippen LogP contribution in [0.4, 0.5) is 0 Å². The lowest BCUT2D eigenvalue weighted by atomic mass is 10.0. The first-order valence-electron chi connectivity index (χ1n) is 11.4. The molecular weight excluding hydrogens is 386 g/mol. The lowest BCUT2D eigenvalue weighted by Gasteiger charge is -2.40. The van der Waals surface area contributed by atoms with E-state index in [1.165, 1.54) is 16.6 Å². The molecule has 0 spiro atoms. The second-order valence-corrected chi connectivity index (χ2v) is 8.91.